The largest absolute Gasteiger partial charge is 0.338 e. The van der Waals surface area contributed by atoms with Crippen LogP contribution in [0.4, 0.5) is 0 Å². The highest BCUT2D eigenvalue weighted by Crippen LogP contribution is 2.17. The molecule has 1 unspecified atom stereocenters. The molecule has 1 amide bonds. The van der Waals surface area contributed by atoms with E-state index in [-0.39, 0.29) is 11.8 Å². The predicted octanol–water partition coefficient (Wildman–Crippen LogP) is 1.25. The quantitative estimate of drug-likeness (QED) is 0.664. The molecule has 0 aliphatic carbocycles. The van der Waals surface area contributed by atoms with Gasteiger partial charge in [0.1, 0.15) is 0 Å². The summed E-state index contributed by atoms with van der Waals surface area (Å²) in [6, 6.07) is 3.46. The number of likely N-dealkylation sites (tertiary alicyclic amines) is 1. The first-order valence-corrected chi connectivity index (χ1v) is 4.72. The number of carbonyl (C=O) groups excluding carboxylic acids is 1. The smallest absolute Gasteiger partial charge is 0.253 e. The Balaban J connectivity index is 2.10. The van der Waals surface area contributed by atoms with Crippen molar-refractivity contribution < 1.29 is 4.79 Å². The van der Waals surface area contributed by atoms with E-state index in [0.717, 1.165) is 13.0 Å². The minimum absolute atomic E-state index is 0.0559. The molecule has 0 bridgehead atoms. The molecule has 0 N–H and O–H groups in total. The van der Waals surface area contributed by atoms with E-state index >= 15 is 0 Å². The molecule has 0 saturated carbocycles. The van der Waals surface area contributed by atoms with Crippen LogP contribution in [-0.4, -0.2) is 28.9 Å². The number of hydrogen-bond acceptors (Lipinski definition) is 2. The first-order chi connectivity index (χ1) is 6.77. The van der Waals surface area contributed by atoms with Gasteiger partial charge in [0, 0.05) is 31.0 Å². The molecule has 1 aromatic rings. The molecule has 3 nitrogen and oxygen atoms in total. The maximum Gasteiger partial charge on any atom is 0.253 e. The zero-order chi connectivity index (χ0) is 9.97. The normalized spacial score (nSPS) is 21.2. The van der Waals surface area contributed by atoms with Crippen LogP contribution < -0.4 is 0 Å². The standard InChI is InChI=1S/C11H12N2O/c1-9-4-7-13(8-9)11(14)10-2-5-12-6-3-10/h1-3,5-6,9H,4,7-8H2. The Kier molecular flexibility index (Phi) is 2.48. The fourth-order valence-corrected chi connectivity index (χ4v) is 1.65. The summed E-state index contributed by atoms with van der Waals surface area (Å²) in [6.45, 7) is 7.17. The van der Waals surface area contributed by atoms with Gasteiger partial charge in [-0.2, -0.15) is 0 Å². The van der Waals surface area contributed by atoms with E-state index in [0.29, 0.717) is 12.1 Å². The van der Waals surface area contributed by atoms with Gasteiger partial charge >= 0.3 is 0 Å². The summed E-state index contributed by atoms with van der Waals surface area (Å²) in [4.78, 5) is 17.5. The molecular formula is C11H12N2O. The van der Waals surface area contributed by atoms with Gasteiger partial charge in [0.2, 0.25) is 0 Å². The van der Waals surface area contributed by atoms with E-state index in [1.54, 1.807) is 29.4 Å². The molecule has 1 atom stereocenters. The average molecular weight is 188 g/mol. The molecule has 1 fully saturated rings. The number of nitrogens with zero attached hydrogens (tertiary/aromatic N) is 2. The molecule has 1 aliphatic heterocycles. The summed E-state index contributed by atoms with van der Waals surface area (Å²) in [5, 5.41) is 0. The Morgan fingerprint density at radius 1 is 1.50 bits per heavy atom. The molecule has 0 aromatic carbocycles. The van der Waals surface area contributed by atoms with E-state index in [2.05, 4.69) is 4.98 Å². The second-order valence-electron chi connectivity index (χ2n) is 3.54. The number of carbonyl (C=O) groups is 1. The highest BCUT2D eigenvalue weighted by atomic mass is 16.2. The van der Waals surface area contributed by atoms with E-state index in [4.69, 9.17) is 6.92 Å². The van der Waals surface area contributed by atoms with Crippen LogP contribution in [0.2, 0.25) is 0 Å². The van der Waals surface area contributed by atoms with Crippen molar-refractivity contribution in [1.82, 2.24) is 9.88 Å². The summed E-state index contributed by atoms with van der Waals surface area (Å²) in [7, 11) is 0. The van der Waals surface area contributed by atoms with Crippen molar-refractivity contribution in [3.8, 4) is 0 Å². The summed E-state index contributed by atoms with van der Waals surface area (Å²) in [6.07, 6.45) is 4.16. The minimum Gasteiger partial charge on any atom is -0.338 e. The predicted molar refractivity (Wildman–Crippen MR) is 52.5 cm³/mol. The monoisotopic (exact) mass is 188 g/mol. The Hall–Kier alpha value is -1.38. The van der Waals surface area contributed by atoms with Crippen molar-refractivity contribution in [2.24, 2.45) is 5.92 Å². The zero-order valence-corrected chi connectivity index (χ0v) is 7.89. The molecule has 1 aliphatic rings. The van der Waals surface area contributed by atoms with Gasteiger partial charge in [-0.25, -0.2) is 0 Å². The lowest BCUT2D eigenvalue weighted by Crippen LogP contribution is -2.28. The lowest BCUT2D eigenvalue weighted by molar-refractivity contribution is 0.0789. The first kappa shape index (κ1) is 9.19. The maximum absolute atomic E-state index is 11.8. The highest BCUT2D eigenvalue weighted by Gasteiger charge is 2.23. The van der Waals surface area contributed by atoms with Gasteiger partial charge in [0.05, 0.1) is 0 Å². The highest BCUT2D eigenvalue weighted by molar-refractivity contribution is 5.94. The van der Waals surface area contributed by atoms with Crippen molar-refractivity contribution in [1.29, 1.82) is 0 Å². The Labute approximate surface area is 83.8 Å². The van der Waals surface area contributed by atoms with Crippen molar-refractivity contribution in [2.75, 3.05) is 13.1 Å². The average Bonchev–Trinajstić information content (AvgIpc) is 2.65. The molecule has 0 spiro atoms. The Bertz CT molecular complexity index is 323. The molecule has 14 heavy (non-hydrogen) atoms. The third-order valence-electron chi connectivity index (χ3n) is 2.44. The molecule has 3 heteroatoms. The van der Waals surface area contributed by atoms with Crippen LogP contribution in [0.15, 0.2) is 24.5 Å². The topological polar surface area (TPSA) is 33.2 Å². The molecular weight excluding hydrogens is 176 g/mol. The van der Waals surface area contributed by atoms with Crippen LogP contribution in [-0.2, 0) is 0 Å². The van der Waals surface area contributed by atoms with E-state index in [1.165, 1.54) is 0 Å². The van der Waals surface area contributed by atoms with Gasteiger partial charge in [0.15, 0.2) is 0 Å². The summed E-state index contributed by atoms with van der Waals surface area (Å²) >= 11 is 0. The van der Waals surface area contributed by atoms with Crippen LogP contribution >= 0.6 is 0 Å². The molecule has 72 valence electrons. The molecule has 2 rings (SSSR count). The van der Waals surface area contributed by atoms with Crippen LogP contribution in [0.5, 0.6) is 0 Å². The fraction of sp³-hybridized carbons (Fsp3) is 0.364. The second kappa shape index (κ2) is 3.78. The summed E-state index contributed by atoms with van der Waals surface area (Å²) < 4.78 is 0. The number of aromatic nitrogens is 1. The SMILES string of the molecule is [CH]C1CCN(C(=O)c2ccncc2)C1. The van der Waals surface area contributed by atoms with Gasteiger partial charge < -0.3 is 4.90 Å². The van der Waals surface area contributed by atoms with Crippen LogP contribution in [0.1, 0.15) is 16.8 Å². The van der Waals surface area contributed by atoms with Crippen molar-refractivity contribution in [2.45, 2.75) is 6.42 Å². The van der Waals surface area contributed by atoms with Crippen LogP contribution in [0.3, 0.4) is 0 Å². The molecule has 1 saturated heterocycles. The van der Waals surface area contributed by atoms with Gasteiger partial charge in [-0.15, -0.1) is 0 Å². The Morgan fingerprint density at radius 2 is 2.21 bits per heavy atom. The van der Waals surface area contributed by atoms with Gasteiger partial charge in [0.25, 0.3) is 5.91 Å². The summed E-state index contributed by atoms with van der Waals surface area (Å²) in [5.41, 5.74) is 0.689. The van der Waals surface area contributed by atoms with Gasteiger partial charge in [-0.3, -0.25) is 9.78 Å². The Morgan fingerprint density at radius 3 is 2.79 bits per heavy atom. The maximum atomic E-state index is 11.8. The van der Waals surface area contributed by atoms with Crippen molar-refractivity contribution >= 4 is 5.91 Å². The number of hydrogen-bond donors (Lipinski definition) is 0. The van der Waals surface area contributed by atoms with E-state index in [1.807, 2.05) is 0 Å². The van der Waals surface area contributed by atoms with Crippen LogP contribution in [0.25, 0.3) is 0 Å². The molecule has 2 radical (unpaired) electrons. The lowest BCUT2D eigenvalue weighted by atomic mass is 10.2. The van der Waals surface area contributed by atoms with Crippen molar-refractivity contribution in [3.63, 3.8) is 0 Å². The molecule has 2 heterocycles. The van der Waals surface area contributed by atoms with Gasteiger partial charge in [-0.05, 0) is 31.4 Å². The van der Waals surface area contributed by atoms with E-state index < -0.39 is 0 Å². The fourth-order valence-electron chi connectivity index (χ4n) is 1.65. The minimum atomic E-state index is 0.0559. The molecule has 1 aromatic heterocycles. The number of rotatable bonds is 1. The van der Waals surface area contributed by atoms with Crippen LogP contribution in [0, 0.1) is 12.8 Å². The third kappa shape index (κ3) is 1.76. The van der Waals surface area contributed by atoms with Gasteiger partial charge in [-0.1, -0.05) is 0 Å². The van der Waals surface area contributed by atoms with Crippen molar-refractivity contribution in [3.05, 3.63) is 37.0 Å². The summed E-state index contributed by atoms with van der Waals surface area (Å²) in [5.74, 6) is 0.195. The second-order valence-corrected chi connectivity index (χ2v) is 3.54. The number of pyridine rings is 1. The zero-order valence-electron chi connectivity index (χ0n) is 7.89. The third-order valence-corrected chi connectivity index (χ3v) is 2.44. The van der Waals surface area contributed by atoms with E-state index in [9.17, 15) is 4.79 Å². The first-order valence-electron chi connectivity index (χ1n) is 4.72. The lowest BCUT2D eigenvalue weighted by Gasteiger charge is -2.15. The number of amides is 1.